The maximum absolute atomic E-state index is 13.0. The van der Waals surface area contributed by atoms with E-state index >= 15 is 0 Å². The van der Waals surface area contributed by atoms with Crippen molar-refractivity contribution in [3.05, 3.63) is 110 Å². The summed E-state index contributed by atoms with van der Waals surface area (Å²) in [4.78, 5) is 38.9. The van der Waals surface area contributed by atoms with E-state index in [1.165, 1.54) is 51.0 Å². The third-order valence-corrected chi connectivity index (χ3v) is 8.49. The molecule has 234 valence electrons. The number of hydrogen-bond acceptors (Lipinski definition) is 9. The van der Waals surface area contributed by atoms with E-state index in [1.807, 2.05) is 0 Å². The van der Waals surface area contributed by atoms with Crippen molar-refractivity contribution < 1.29 is 33.3 Å². The topological polar surface area (TPSA) is 125 Å². The normalized spacial score (nSPS) is 10.9. The van der Waals surface area contributed by atoms with Crippen molar-refractivity contribution in [2.45, 2.75) is 0 Å². The summed E-state index contributed by atoms with van der Waals surface area (Å²) in [6.45, 7) is 0. The molecule has 0 atom stereocenters. The molecule has 46 heavy (non-hydrogen) atoms. The number of thiophene rings is 1. The number of nitrogens with zero attached hydrogens (tertiary/aromatic N) is 1. The number of hydrazone groups is 1. The van der Waals surface area contributed by atoms with E-state index in [0.717, 1.165) is 10.1 Å². The van der Waals surface area contributed by atoms with E-state index in [2.05, 4.69) is 15.8 Å². The molecule has 1 aromatic heterocycles. The van der Waals surface area contributed by atoms with Gasteiger partial charge in [0.25, 0.3) is 11.8 Å². The largest absolute Gasteiger partial charge is 0.493 e. The Morgan fingerprint density at radius 1 is 0.783 bits per heavy atom. The van der Waals surface area contributed by atoms with Gasteiger partial charge < -0.3 is 24.3 Å². The lowest BCUT2D eigenvalue weighted by molar-refractivity contribution is 0.0733. The minimum atomic E-state index is -0.671. The Morgan fingerprint density at radius 2 is 1.48 bits per heavy atom. The summed E-state index contributed by atoms with van der Waals surface area (Å²) in [6.07, 6.45) is 1.35. The summed E-state index contributed by atoms with van der Waals surface area (Å²) in [5.41, 5.74) is 3.82. The van der Waals surface area contributed by atoms with Crippen molar-refractivity contribution in [1.29, 1.82) is 0 Å². The number of anilines is 1. The molecule has 0 unspecified atom stereocenters. The van der Waals surface area contributed by atoms with Crippen LogP contribution in [0.5, 0.6) is 23.0 Å². The van der Waals surface area contributed by atoms with E-state index in [1.54, 1.807) is 66.7 Å². The van der Waals surface area contributed by atoms with E-state index < -0.39 is 11.9 Å². The number of halogens is 2. The van der Waals surface area contributed by atoms with Gasteiger partial charge in [0.1, 0.15) is 10.6 Å². The minimum absolute atomic E-state index is 0.172. The van der Waals surface area contributed by atoms with E-state index in [0.29, 0.717) is 49.0 Å². The first-order valence-electron chi connectivity index (χ1n) is 13.5. The van der Waals surface area contributed by atoms with Crippen LogP contribution in [0.2, 0.25) is 10.0 Å². The third kappa shape index (κ3) is 7.07. The average molecular weight is 679 g/mol. The molecule has 0 aliphatic rings. The van der Waals surface area contributed by atoms with Crippen molar-refractivity contribution in [3.8, 4) is 23.0 Å². The highest BCUT2D eigenvalue weighted by molar-refractivity contribution is 7.21. The van der Waals surface area contributed by atoms with Gasteiger partial charge in [0.2, 0.25) is 5.75 Å². The summed E-state index contributed by atoms with van der Waals surface area (Å²) >= 11 is 13.7. The fraction of sp³-hybridized carbons (Fsp3) is 0.0909. The molecule has 0 aliphatic heterocycles. The summed E-state index contributed by atoms with van der Waals surface area (Å²) in [7, 11) is 4.35. The van der Waals surface area contributed by atoms with Crippen LogP contribution >= 0.6 is 34.5 Å². The van der Waals surface area contributed by atoms with Gasteiger partial charge in [-0.1, -0.05) is 41.4 Å². The Kier molecular flexibility index (Phi) is 10.1. The van der Waals surface area contributed by atoms with Crippen LogP contribution < -0.4 is 29.7 Å². The zero-order chi connectivity index (χ0) is 32.8. The molecular formula is C33H25Cl2N3O7S. The fourth-order valence-electron chi connectivity index (χ4n) is 4.34. The van der Waals surface area contributed by atoms with E-state index in [-0.39, 0.29) is 17.2 Å². The zero-order valence-electron chi connectivity index (χ0n) is 24.6. The molecule has 0 bridgehead atoms. The van der Waals surface area contributed by atoms with E-state index in [4.69, 9.17) is 42.1 Å². The summed E-state index contributed by atoms with van der Waals surface area (Å²) in [6, 6.07) is 21.1. The quantitative estimate of drug-likeness (QED) is 0.0680. The van der Waals surface area contributed by atoms with Crippen LogP contribution in [0.15, 0.2) is 84.0 Å². The van der Waals surface area contributed by atoms with Gasteiger partial charge in [0.05, 0.1) is 38.1 Å². The number of para-hydroxylation sites is 1. The monoisotopic (exact) mass is 677 g/mol. The van der Waals surface area contributed by atoms with Crippen molar-refractivity contribution >= 4 is 74.3 Å². The molecule has 0 radical (unpaired) electrons. The van der Waals surface area contributed by atoms with Crippen molar-refractivity contribution in [3.63, 3.8) is 0 Å². The van der Waals surface area contributed by atoms with E-state index in [9.17, 15) is 14.4 Å². The van der Waals surface area contributed by atoms with Gasteiger partial charge in [-0.2, -0.15) is 5.10 Å². The molecule has 0 aliphatic carbocycles. The number of fused-ring (bicyclic) bond motifs is 1. The van der Waals surface area contributed by atoms with Crippen molar-refractivity contribution in [2.75, 3.05) is 26.6 Å². The minimum Gasteiger partial charge on any atom is -0.493 e. The van der Waals surface area contributed by atoms with Gasteiger partial charge >= 0.3 is 5.97 Å². The molecule has 4 aromatic carbocycles. The number of nitrogens with one attached hydrogen (secondary N) is 2. The van der Waals surface area contributed by atoms with Gasteiger partial charge in [-0.25, -0.2) is 10.2 Å². The van der Waals surface area contributed by atoms with Gasteiger partial charge in [-0.15, -0.1) is 11.3 Å². The van der Waals surface area contributed by atoms with Gasteiger partial charge in [0.15, 0.2) is 11.5 Å². The van der Waals surface area contributed by atoms with Crippen LogP contribution in [0.25, 0.3) is 10.1 Å². The SMILES string of the molecule is COc1cc(C(=O)Oc2ccccc2/C=N\NC(=O)c2ccc(NC(=O)c3sc4cc(Cl)ccc4c3Cl)cc2)cc(OC)c1OC. The average Bonchev–Trinajstić information content (AvgIpc) is 3.39. The lowest BCUT2D eigenvalue weighted by Crippen LogP contribution is -2.18. The maximum Gasteiger partial charge on any atom is 0.343 e. The van der Waals surface area contributed by atoms with Crippen LogP contribution in [-0.4, -0.2) is 45.3 Å². The first-order valence-corrected chi connectivity index (χ1v) is 15.0. The maximum atomic E-state index is 13.0. The second kappa shape index (κ2) is 14.3. The second-order valence-corrected chi connectivity index (χ2v) is 11.3. The van der Waals surface area contributed by atoms with Crippen LogP contribution in [0.3, 0.4) is 0 Å². The zero-order valence-corrected chi connectivity index (χ0v) is 26.9. The summed E-state index contributed by atoms with van der Waals surface area (Å²) in [5.74, 6) is -0.399. The Labute approximate surface area is 277 Å². The van der Waals surface area contributed by atoms with Gasteiger partial charge in [-0.3, -0.25) is 9.59 Å². The molecule has 13 heteroatoms. The lowest BCUT2D eigenvalue weighted by atomic mass is 10.1. The molecule has 2 amide bonds. The molecule has 0 saturated carbocycles. The second-order valence-electron chi connectivity index (χ2n) is 9.46. The first-order chi connectivity index (χ1) is 22.2. The number of hydrogen-bond donors (Lipinski definition) is 2. The van der Waals surface area contributed by atoms with Gasteiger partial charge in [0, 0.05) is 31.9 Å². The third-order valence-electron chi connectivity index (χ3n) is 6.59. The van der Waals surface area contributed by atoms with Crippen LogP contribution in [-0.2, 0) is 0 Å². The number of methoxy groups -OCH3 is 3. The van der Waals surface area contributed by atoms with Crippen LogP contribution in [0, 0.1) is 0 Å². The Morgan fingerprint density at radius 3 is 2.15 bits per heavy atom. The number of rotatable bonds is 10. The molecule has 0 spiro atoms. The number of carbonyl (C=O) groups excluding carboxylic acids is 3. The number of ether oxygens (including phenoxy) is 4. The van der Waals surface area contributed by atoms with Crippen LogP contribution in [0.4, 0.5) is 5.69 Å². The van der Waals surface area contributed by atoms with Gasteiger partial charge in [-0.05, 0) is 60.7 Å². The highest BCUT2D eigenvalue weighted by Crippen LogP contribution is 2.39. The summed E-state index contributed by atoms with van der Waals surface area (Å²) in [5, 5.41) is 8.45. The molecule has 1 heterocycles. The number of amides is 2. The highest BCUT2D eigenvalue weighted by atomic mass is 35.5. The standard InChI is InChI=1S/C33H25Cl2N3O7S/c1-42-25-14-20(15-26(43-2)29(25)44-3)33(41)45-24-7-5-4-6-19(24)17-36-38-31(39)18-8-11-22(12-9-18)37-32(40)30-28(35)23-13-10-21(34)16-27(23)46-30/h4-17H,1-3H3,(H,37,40)(H,38,39)/b36-17-. The lowest BCUT2D eigenvalue weighted by Gasteiger charge is -2.14. The molecule has 5 aromatic rings. The van der Waals surface area contributed by atoms with Crippen LogP contribution in [0.1, 0.15) is 36.0 Å². The first kappa shape index (κ1) is 32.3. The van der Waals surface area contributed by atoms with Crippen molar-refractivity contribution in [1.82, 2.24) is 5.43 Å². The molecule has 2 N–H and O–H groups in total. The highest BCUT2D eigenvalue weighted by Gasteiger charge is 2.20. The Hall–Kier alpha value is -5.10. The summed E-state index contributed by atoms with van der Waals surface area (Å²) < 4.78 is 22.3. The molecule has 10 nitrogen and oxygen atoms in total. The Balaban J connectivity index is 1.22. The number of esters is 1. The fourth-order valence-corrected chi connectivity index (χ4v) is 6.03. The number of carbonyl (C=O) groups is 3. The molecular weight excluding hydrogens is 653 g/mol. The molecule has 0 saturated heterocycles. The Bertz CT molecular complexity index is 1950. The predicted octanol–water partition coefficient (Wildman–Crippen LogP) is 7.47. The molecule has 0 fully saturated rings. The predicted molar refractivity (Wildman–Crippen MR) is 179 cm³/mol. The van der Waals surface area contributed by atoms with Crippen molar-refractivity contribution in [2.24, 2.45) is 5.10 Å². The molecule has 5 rings (SSSR count). The number of benzene rings is 4. The smallest absolute Gasteiger partial charge is 0.343 e.